The van der Waals surface area contributed by atoms with Crippen molar-refractivity contribution in [2.45, 2.75) is 94.6 Å². The predicted molar refractivity (Wildman–Crippen MR) is 131 cm³/mol. The Hall–Kier alpha value is -2.16. The zero-order valence-electron chi connectivity index (χ0n) is 21.2. The second-order valence-corrected chi connectivity index (χ2v) is 5.22. The van der Waals surface area contributed by atoms with Crippen molar-refractivity contribution in [3.8, 4) is 5.75 Å². The summed E-state index contributed by atoms with van der Waals surface area (Å²) in [6, 6.07) is 13.9. The van der Waals surface area contributed by atoms with Crippen molar-refractivity contribution in [1.29, 1.82) is 0 Å². The van der Waals surface area contributed by atoms with Crippen molar-refractivity contribution in [1.82, 2.24) is 0 Å². The first-order valence-electron chi connectivity index (χ1n) is 11.7. The van der Waals surface area contributed by atoms with E-state index in [4.69, 9.17) is 4.74 Å². The van der Waals surface area contributed by atoms with E-state index in [1.165, 1.54) is 6.07 Å². The van der Waals surface area contributed by atoms with Gasteiger partial charge in [0, 0.05) is 0 Å². The maximum absolute atomic E-state index is 13.9. The van der Waals surface area contributed by atoms with E-state index in [1.807, 2.05) is 87.4 Å². The molecule has 3 rings (SSSR count). The van der Waals surface area contributed by atoms with Crippen LogP contribution in [-0.4, -0.2) is 11.4 Å². The van der Waals surface area contributed by atoms with Crippen LogP contribution in [-0.2, 0) is 0 Å². The number of halogens is 1. The van der Waals surface area contributed by atoms with E-state index >= 15 is 0 Å². The third kappa shape index (κ3) is 10.6. The lowest BCUT2D eigenvalue weighted by molar-refractivity contribution is 0.0741. The van der Waals surface area contributed by atoms with Crippen molar-refractivity contribution < 1.29 is 13.9 Å². The Bertz CT molecular complexity index is 647. The summed E-state index contributed by atoms with van der Waals surface area (Å²) >= 11 is 0. The lowest BCUT2D eigenvalue weighted by atomic mass is 10.0. The fourth-order valence-corrected chi connectivity index (χ4v) is 2.25. The molecule has 0 saturated heterocycles. The summed E-state index contributed by atoms with van der Waals surface area (Å²) in [5.74, 6) is -0.0948. The van der Waals surface area contributed by atoms with Crippen LogP contribution >= 0.6 is 0 Å². The number of ketones is 1. The number of hydrogen-bond donors (Lipinski definition) is 0. The molecule has 0 aliphatic heterocycles. The highest BCUT2D eigenvalue weighted by Gasteiger charge is 2.53. The van der Waals surface area contributed by atoms with E-state index in [0.29, 0.717) is 18.6 Å². The van der Waals surface area contributed by atoms with Crippen molar-refractivity contribution in [3.63, 3.8) is 0 Å². The first-order valence-corrected chi connectivity index (χ1v) is 11.7. The molecular formula is C27H45FO2. The molecule has 0 spiro atoms. The highest BCUT2D eigenvalue weighted by atomic mass is 19.1. The van der Waals surface area contributed by atoms with Gasteiger partial charge >= 0.3 is 0 Å². The average molecular weight is 421 g/mol. The van der Waals surface area contributed by atoms with Crippen molar-refractivity contribution in [2.75, 3.05) is 0 Å². The van der Waals surface area contributed by atoms with Gasteiger partial charge in [-0.3, -0.25) is 4.79 Å². The fourth-order valence-electron chi connectivity index (χ4n) is 2.25. The normalized spacial score (nSPS) is 11.5. The first-order chi connectivity index (χ1) is 14.6. The lowest BCUT2D eigenvalue weighted by Crippen LogP contribution is -2.30. The first kappa shape index (κ1) is 32.5. The van der Waals surface area contributed by atoms with Crippen LogP contribution in [0, 0.1) is 12.7 Å². The Kier molecular flexibility index (Phi) is 21.8. The molecule has 2 aromatic carbocycles. The topological polar surface area (TPSA) is 26.3 Å². The van der Waals surface area contributed by atoms with Gasteiger partial charge in [0.05, 0.1) is 5.56 Å². The van der Waals surface area contributed by atoms with E-state index < -0.39 is 11.4 Å². The van der Waals surface area contributed by atoms with E-state index in [2.05, 4.69) is 0 Å². The third-order valence-electron chi connectivity index (χ3n) is 3.54. The highest BCUT2D eigenvalue weighted by Crippen LogP contribution is 2.43. The minimum Gasteiger partial charge on any atom is -0.479 e. The molecule has 0 heterocycles. The molecule has 0 bridgehead atoms. The zero-order chi connectivity index (χ0) is 24.2. The monoisotopic (exact) mass is 420 g/mol. The molecule has 1 saturated carbocycles. The zero-order valence-corrected chi connectivity index (χ0v) is 21.2. The van der Waals surface area contributed by atoms with Gasteiger partial charge in [0.2, 0.25) is 5.78 Å². The molecule has 2 nitrogen and oxygen atoms in total. The number of rotatable bonds is 4. The van der Waals surface area contributed by atoms with Crippen LogP contribution in [0.5, 0.6) is 5.75 Å². The minimum absolute atomic E-state index is 0.115. The molecule has 172 valence electrons. The third-order valence-corrected chi connectivity index (χ3v) is 3.54. The molecule has 2 aromatic rings. The van der Waals surface area contributed by atoms with Crippen LogP contribution in [0.25, 0.3) is 0 Å². The van der Waals surface area contributed by atoms with Gasteiger partial charge in [-0.1, -0.05) is 93.5 Å². The van der Waals surface area contributed by atoms with Crippen LogP contribution in [0.15, 0.2) is 48.5 Å². The molecule has 0 unspecified atom stereocenters. The van der Waals surface area contributed by atoms with Gasteiger partial charge in [0.15, 0.2) is 5.60 Å². The summed E-state index contributed by atoms with van der Waals surface area (Å²) in [5.41, 5.74) is 0.0363. The maximum Gasteiger partial charge on any atom is 0.209 e. The number of carbonyl (C=O) groups excluding carboxylic acids is 1. The largest absolute Gasteiger partial charge is 0.479 e. The van der Waals surface area contributed by atoms with Gasteiger partial charge in [0.25, 0.3) is 0 Å². The lowest BCUT2D eigenvalue weighted by Gasteiger charge is -2.17. The number of hydrogen-bond acceptors (Lipinski definition) is 2. The van der Waals surface area contributed by atoms with E-state index in [1.54, 1.807) is 31.2 Å². The summed E-state index contributed by atoms with van der Waals surface area (Å²) in [6.45, 7) is 21.8. The Morgan fingerprint density at radius 1 is 0.800 bits per heavy atom. The van der Waals surface area contributed by atoms with E-state index in [9.17, 15) is 9.18 Å². The van der Waals surface area contributed by atoms with E-state index in [0.717, 1.165) is 5.56 Å². The molecule has 1 aliphatic carbocycles. The second kappa shape index (κ2) is 20.1. The van der Waals surface area contributed by atoms with Crippen LogP contribution in [0.1, 0.15) is 98.0 Å². The summed E-state index contributed by atoms with van der Waals surface area (Å²) in [4.78, 5) is 12.5. The second-order valence-electron chi connectivity index (χ2n) is 5.22. The summed E-state index contributed by atoms with van der Waals surface area (Å²) in [5, 5.41) is 0. The number of para-hydroxylation sites is 1. The van der Waals surface area contributed by atoms with Crippen LogP contribution in [0.2, 0.25) is 0 Å². The standard InChI is InChI=1S/C17H15FO2.5C2H6/c1-12-7-8-14(15(18)11-12)16(19)17(9-10-17)20-13-5-3-2-4-6-13;5*1-2/h2-8,11H,9-10H2,1H3;5*1-2H3. The van der Waals surface area contributed by atoms with E-state index in [-0.39, 0.29) is 11.3 Å². The summed E-state index contributed by atoms with van der Waals surface area (Å²) in [7, 11) is 0. The van der Waals surface area contributed by atoms with Gasteiger partial charge in [-0.25, -0.2) is 4.39 Å². The molecule has 3 heteroatoms. The van der Waals surface area contributed by atoms with Gasteiger partial charge < -0.3 is 4.74 Å². The van der Waals surface area contributed by atoms with Gasteiger partial charge in [-0.15, -0.1) is 0 Å². The van der Waals surface area contributed by atoms with Crippen molar-refractivity contribution >= 4 is 5.78 Å². The molecular weight excluding hydrogens is 375 g/mol. The molecule has 30 heavy (non-hydrogen) atoms. The van der Waals surface area contributed by atoms with Gasteiger partial charge in [0.1, 0.15) is 11.6 Å². The molecule has 0 aromatic heterocycles. The van der Waals surface area contributed by atoms with Gasteiger partial charge in [-0.05, 0) is 49.6 Å². The quantitative estimate of drug-likeness (QED) is 0.461. The average Bonchev–Trinajstić information content (AvgIpc) is 3.61. The van der Waals surface area contributed by atoms with Crippen LogP contribution in [0.3, 0.4) is 0 Å². The minimum atomic E-state index is -0.878. The SMILES string of the molecule is CC.CC.CC.CC.CC.Cc1ccc(C(=O)C2(Oc3ccccc3)CC2)c(F)c1. The summed E-state index contributed by atoms with van der Waals surface area (Å²) in [6.07, 6.45) is 1.27. The van der Waals surface area contributed by atoms with Crippen molar-refractivity contribution in [3.05, 3.63) is 65.5 Å². The van der Waals surface area contributed by atoms with Gasteiger partial charge in [-0.2, -0.15) is 0 Å². The Labute approximate surface area is 185 Å². The van der Waals surface area contributed by atoms with Crippen molar-refractivity contribution in [2.24, 2.45) is 0 Å². The number of aryl methyl sites for hydroxylation is 1. The Morgan fingerprint density at radius 3 is 1.67 bits per heavy atom. The molecule has 1 aliphatic rings. The number of carbonyl (C=O) groups is 1. The molecule has 0 amide bonds. The smallest absolute Gasteiger partial charge is 0.209 e. The number of benzene rings is 2. The molecule has 1 fully saturated rings. The maximum atomic E-state index is 13.9. The number of ether oxygens (including phenoxy) is 1. The Balaban J connectivity index is -0.000000642. The number of Topliss-reactive ketones (excluding diaryl/α,β-unsaturated/α-hetero) is 1. The molecule has 0 N–H and O–H groups in total. The highest BCUT2D eigenvalue weighted by molar-refractivity contribution is 6.04. The van der Waals surface area contributed by atoms with Crippen LogP contribution in [0.4, 0.5) is 4.39 Å². The Morgan fingerprint density at radius 2 is 1.27 bits per heavy atom. The summed E-state index contributed by atoms with van der Waals surface area (Å²) < 4.78 is 19.7. The fraction of sp³-hybridized carbons (Fsp3) is 0.519. The predicted octanol–water partition coefficient (Wildman–Crippen LogP) is 9.06. The molecule has 0 atom stereocenters. The molecule has 0 radical (unpaired) electrons. The van der Waals surface area contributed by atoms with Crippen LogP contribution < -0.4 is 4.74 Å².